The van der Waals surface area contributed by atoms with Gasteiger partial charge in [0.1, 0.15) is 18.5 Å². The molecule has 0 N–H and O–H groups in total. The molecule has 270 valence electrons. The molecule has 5 heterocycles. The van der Waals surface area contributed by atoms with Crippen molar-refractivity contribution in [3.05, 3.63) is 76.8 Å². The number of carbonyl (C=O) groups is 1. The molecule has 10 nitrogen and oxygen atoms in total. The zero-order valence-corrected chi connectivity index (χ0v) is 31.5. The fourth-order valence-electron chi connectivity index (χ4n) is 7.71. The molecule has 1 amide bonds. The lowest BCUT2D eigenvalue weighted by molar-refractivity contribution is -0.128. The van der Waals surface area contributed by atoms with Crippen LogP contribution < -0.4 is 14.5 Å². The van der Waals surface area contributed by atoms with Crippen LogP contribution in [-0.4, -0.2) is 110 Å². The molecule has 4 aliphatic heterocycles. The summed E-state index contributed by atoms with van der Waals surface area (Å²) in [5, 5.41) is 2.48. The van der Waals surface area contributed by atoms with Crippen molar-refractivity contribution in [3.63, 3.8) is 0 Å². The minimum Gasteiger partial charge on any atom is -0.463 e. The van der Waals surface area contributed by atoms with E-state index in [1.165, 1.54) is 34.2 Å². The van der Waals surface area contributed by atoms with Gasteiger partial charge in [0.2, 0.25) is 12.5 Å². The average molecular weight is 742 g/mol. The molecule has 0 aliphatic carbocycles. The number of hydrogen-bond donors (Lipinski definition) is 0. The third-order valence-corrected chi connectivity index (χ3v) is 10.0. The van der Waals surface area contributed by atoms with Crippen LogP contribution in [-0.2, 0) is 22.5 Å². The van der Waals surface area contributed by atoms with Crippen molar-refractivity contribution in [2.24, 2.45) is 0 Å². The highest BCUT2D eigenvalue weighted by Gasteiger charge is 2.38. The van der Waals surface area contributed by atoms with Gasteiger partial charge in [-0.15, -0.1) is 0 Å². The molecule has 3 aromatic rings. The molecule has 2 aromatic carbocycles. The number of aryl methyl sites for hydroxylation is 1. The highest BCUT2D eigenvalue weighted by Crippen LogP contribution is 2.36. The fourth-order valence-corrected chi connectivity index (χ4v) is 7.71. The summed E-state index contributed by atoms with van der Waals surface area (Å²) in [5.74, 6) is 0.567. The summed E-state index contributed by atoms with van der Waals surface area (Å²) >= 11 is 0. The van der Waals surface area contributed by atoms with Gasteiger partial charge in [-0.25, -0.2) is 11.0 Å². The summed E-state index contributed by atoms with van der Waals surface area (Å²) in [5.41, 5.74) is 4.48. The fraction of sp³-hybridized carbons (Fsp3) is 0.500. The highest BCUT2D eigenvalue weighted by atomic mass is 32.1. The minimum atomic E-state index is -0.696. The second kappa shape index (κ2) is 17.8. The number of fused-ring (bicyclic) bond motifs is 4. The first kappa shape index (κ1) is 39.6. The number of rotatable bonds is 10. The molecule has 3 atom stereocenters. The molecule has 50 heavy (non-hydrogen) atoms. The van der Waals surface area contributed by atoms with Gasteiger partial charge in [-0.05, 0) is 49.3 Å². The molecule has 4 aliphatic rings. The molecule has 3 fully saturated rings. The Kier molecular flexibility index (Phi) is 14.1. The number of alkyl halides is 1. The molecule has 0 unspecified atom stereocenters. The highest BCUT2D eigenvalue weighted by molar-refractivity contribution is 7.59. The summed E-state index contributed by atoms with van der Waals surface area (Å²) in [6, 6.07) is 13.5. The number of likely N-dealkylation sites (tertiary alicyclic amines) is 1. The molecule has 2 bridgehead atoms. The quantitative estimate of drug-likeness (QED) is 0.171. The largest absolute Gasteiger partial charge is 0.463 e. The molecule has 7 rings (SSSR count). The van der Waals surface area contributed by atoms with E-state index in [0.29, 0.717) is 50.9 Å². The predicted molar refractivity (Wildman–Crippen MR) is 211 cm³/mol. The number of ether oxygens (including phenoxy) is 2. The Morgan fingerprint density at radius 2 is 1.92 bits per heavy atom. The standard InChI is InChI=1S/C36H42FN7O3.3H2S/c1-25-7-3-8-26-9-4-10-32(34(25)26)42-15-12-30-31(23-42)39-36(46-18-6-14-41-22-29-19-27(41)24-47-29)40-35(30)43-16-17-44(28(21-43)20-38-2)33(45)11-5-13-37;;;/h3-5,7-11,27-29H,6,12-24H2,1H3;3*1H2/b11-5+;;;/t27-,28-,29-;;;/m0.../s1. The Labute approximate surface area is 315 Å². The summed E-state index contributed by atoms with van der Waals surface area (Å²) in [7, 11) is 0. The maximum atomic E-state index is 12.8. The van der Waals surface area contributed by atoms with E-state index < -0.39 is 6.67 Å². The smallest absolute Gasteiger partial charge is 0.318 e. The Hall–Kier alpha value is -3.22. The van der Waals surface area contributed by atoms with E-state index in [1.807, 2.05) is 0 Å². The van der Waals surface area contributed by atoms with E-state index in [4.69, 9.17) is 26.0 Å². The lowest BCUT2D eigenvalue weighted by atomic mass is 9.99. The summed E-state index contributed by atoms with van der Waals surface area (Å²) in [6.07, 6.45) is 5.64. The zero-order chi connectivity index (χ0) is 32.3. The predicted octanol–water partition coefficient (Wildman–Crippen LogP) is 4.54. The number of nitrogens with zero attached hydrogens (tertiary/aromatic N) is 7. The van der Waals surface area contributed by atoms with Crippen molar-refractivity contribution in [2.45, 2.75) is 50.9 Å². The van der Waals surface area contributed by atoms with Gasteiger partial charge in [0.25, 0.3) is 0 Å². The van der Waals surface area contributed by atoms with E-state index in [1.54, 1.807) is 4.90 Å². The molecular weight excluding hydrogens is 694 g/mol. The van der Waals surface area contributed by atoms with Crippen LogP contribution in [0.4, 0.5) is 15.9 Å². The lowest BCUT2D eigenvalue weighted by Gasteiger charge is -2.41. The first-order valence-corrected chi connectivity index (χ1v) is 16.7. The molecule has 0 saturated carbocycles. The summed E-state index contributed by atoms with van der Waals surface area (Å²) < 4.78 is 24.8. The molecular formula is C36H48FN7O3S3. The maximum Gasteiger partial charge on any atom is 0.318 e. The first-order valence-electron chi connectivity index (χ1n) is 16.7. The maximum absolute atomic E-state index is 12.8. The number of halogens is 1. The van der Waals surface area contributed by atoms with Crippen molar-refractivity contribution in [3.8, 4) is 6.01 Å². The van der Waals surface area contributed by atoms with Crippen LogP contribution in [0.5, 0.6) is 6.01 Å². The van der Waals surface area contributed by atoms with Crippen LogP contribution >= 0.6 is 40.5 Å². The average Bonchev–Trinajstić information content (AvgIpc) is 3.72. The van der Waals surface area contributed by atoms with Gasteiger partial charge in [-0.2, -0.15) is 50.5 Å². The molecule has 0 spiro atoms. The van der Waals surface area contributed by atoms with Crippen molar-refractivity contribution in [2.75, 3.05) is 75.5 Å². The number of morpholine rings is 1. The van der Waals surface area contributed by atoms with Crippen molar-refractivity contribution in [1.82, 2.24) is 19.8 Å². The molecule has 0 radical (unpaired) electrons. The molecule has 14 heteroatoms. The number of benzene rings is 2. The normalized spacial score (nSPS) is 21.3. The lowest BCUT2D eigenvalue weighted by Crippen LogP contribution is -2.56. The van der Waals surface area contributed by atoms with Gasteiger partial charge < -0.3 is 29.0 Å². The third-order valence-electron chi connectivity index (χ3n) is 10.0. The second-order valence-electron chi connectivity index (χ2n) is 12.9. The van der Waals surface area contributed by atoms with Crippen LogP contribution in [0.25, 0.3) is 15.6 Å². The topological polar surface area (TPSA) is 78.6 Å². The van der Waals surface area contributed by atoms with Gasteiger partial charge in [-0.3, -0.25) is 9.69 Å². The van der Waals surface area contributed by atoms with Crippen LogP contribution in [0.15, 0.2) is 48.6 Å². The van der Waals surface area contributed by atoms with Gasteiger partial charge in [-0.1, -0.05) is 30.3 Å². The number of amides is 1. The van der Waals surface area contributed by atoms with E-state index in [-0.39, 0.29) is 59.0 Å². The number of allylic oxidation sites excluding steroid dienone is 1. The Morgan fingerprint density at radius 1 is 1.10 bits per heavy atom. The SMILES string of the molecule is S.S.S.[C-]#[N+]C[C@H]1CN(c2nc(OCCCN3C[C@@H]4C[C@H]3CO4)nc3c2CCN(c2cccc4cccc(C)c24)C3)CCN1C(=O)/C=C/CF. The van der Waals surface area contributed by atoms with E-state index in [2.05, 4.69) is 62.9 Å². The van der Waals surface area contributed by atoms with Crippen molar-refractivity contribution in [1.29, 1.82) is 0 Å². The molecule has 3 saturated heterocycles. The Balaban J connectivity index is 0.00000187. The van der Waals surface area contributed by atoms with E-state index in [9.17, 15) is 9.18 Å². The minimum absolute atomic E-state index is 0. The zero-order valence-electron chi connectivity index (χ0n) is 28.5. The third kappa shape index (κ3) is 8.29. The second-order valence-corrected chi connectivity index (χ2v) is 12.9. The van der Waals surface area contributed by atoms with Crippen LogP contribution in [0, 0.1) is 13.5 Å². The van der Waals surface area contributed by atoms with Crippen molar-refractivity contribution < 1.29 is 18.7 Å². The first-order chi connectivity index (χ1) is 23.0. The van der Waals surface area contributed by atoms with E-state index in [0.717, 1.165) is 62.6 Å². The summed E-state index contributed by atoms with van der Waals surface area (Å²) in [6.45, 7) is 15.4. The van der Waals surface area contributed by atoms with Crippen LogP contribution in [0.1, 0.15) is 29.7 Å². The van der Waals surface area contributed by atoms with Crippen LogP contribution in [0.2, 0.25) is 0 Å². The number of carbonyl (C=O) groups excluding carboxylic acids is 1. The van der Waals surface area contributed by atoms with E-state index >= 15 is 0 Å². The van der Waals surface area contributed by atoms with Gasteiger partial charge >= 0.3 is 6.01 Å². The number of piperazine rings is 1. The monoisotopic (exact) mass is 741 g/mol. The van der Waals surface area contributed by atoms with Gasteiger partial charge in [0.15, 0.2) is 0 Å². The van der Waals surface area contributed by atoms with Crippen molar-refractivity contribution >= 4 is 68.7 Å². The Morgan fingerprint density at radius 3 is 2.66 bits per heavy atom. The number of anilines is 2. The number of aromatic nitrogens is 2. The molecule has 1 aromatic heterocycles. The van der Waals surface area contributed by atoms with Crippen LogP contribution in [0.3, 0.4) is 0 Å². The number of hydrogen-bond acceptors (Lipinski definition) is 8. The van der Waals surface area contributed by atoms with Gasteiger partial charge in [0.05, 0.1) is 31.6 Å². The summed E-state index contributed by atoms with van der Waals surface area (Å²) in [4.78, 5) is 35.2. The Bertz CT molecular complexity index is 1700. The van der Waals surface area contributed by atoms with Gasteiger partial charge in [0, 0.05) is 68.0 Å².